The number of thiazole rings is 1. The summed E-state index contributed by atoms with van der Waals surface area (Å²) in [6, 6.07) is 12.6. The average molecular weight is 651 g/mol. The predicted octanol–water partition coefficient (Wildman–Crippen LogP) is 5.29. The number of allylic oxidation sites excluding steroid dienone is 1. The van der Waals surface area contributed by atoms with Crippen LogP contribution in [0.15, 0.2) is 74.0 Å². The number of aromatic nitrogens is 1. The van der Waals surface area contributed by atoms with E-state index in [-0.39, 0.29) is 23.8 Å². The number of hydrogen-bond donors (Lipinski definition) is 0. The fourth-order valence-corrected chi connectivity index (χ4v) is 6.21. The van der Waals surface area contributed by atoms with Gasteiger partial charge in [0.2, 0.25) is 0 Å². The third kappa shape index (κ3) is 6.31. The number of carbonyl (C=O) groups excluding carboxylic acids is 2. The van der Waals surface area contributed by atoms with Crippen LogP contribution < -0.4 is 24.4 Å². The Hall–Kier alpha value is -4.61. The van der Waals surface area contributed by atoms with Gasteiger partial charge in [0.25, 0.3) is 5.56 Å². The number of carbonyl (C=O) groups is 2. The largest absolute Gasteiger partial charge is 0.493 e. The number of rotatable bonds is 9. The first-order chi connectivity index (χ1) is 21.6. The molecule has 45 heavy (non-hydrogen) atoms. The van der Waals surface area contributed by atoms with Crippen molar-refractivity contribution in [3.63, 3.8) is 0 Å². The van der Waals surface area contributed by atoms with E-state index in [0.717, 1.165) is 11.3 Å². The smallest absolute Gasteiger partial charge is 0.339 e. The van der Waals surface area contributed by atoms with Gasteiger partial charge in [-0.05, 0) is 75.7 Å². The van der Waals surface area contributed by atoms with Crippen molar-refractivity contribution in [2.75, 3.05) is 20.8 Å². The van der Waals surface area contributed by atoms with Crippen molar-refractivity contribution in [2.45, 2.75) is 39.8 Å². The molecule has 12 heteroatoms. The van der Waals surface area contributed by atoms with Crippen molar-refractivity contribution < 1.29 is 33.0 Å². The first-order valence-corrected chi connectivity index (χ1v) is 15.3. The molecule has 0 fully saturated rings. The zero-order chi connectivity index (χ0) is 32.4. The van der Waals surface area contributed by atoms with E-state index in [0.29, 0.717) is 59.8 Å². The Morgan fingerprint density at radius 1 is 1.07 bits per heavy atom. The third-order valence-corrected chi connectivity index (χ3v) is 8.17. The number of fused-ring (bicyclic) bond motifs is 1. The standard InChI is InChI=1S/C33H31ClN2O8S/c1-7-42-32(39)28-18(4)35-33-36(29(28)19-8-12-25(40-5)26(14-19)41-6)30(37)27(45-33)16-21-10-13-24(44-21)23-15-20(34)9-11-22(23)31(38)43-17(2)3/h8-17,29H,7H2,1-6H3/b27-16+/t29-/m0/s1. The number of nitrogens with zero attached hydrogens (tertiary/aromatic N) is 2. The summed E-state index contributed by atoms with van der Waals surface area (Å²) in [6.07, 6.45) is 1.29. The molecule has 1 aliphatic rings. The second-order valence-electron chi connectivity index (χ2n) is 10.3. The van der Waals surface area contributed by atoms with E-state index in [9.17, 15) is 14.4 Å². The van der Waals surface area contributed by atoms with Crippen LogP contribution in [0.5, 0.6) is 11.5 Å². The SMILES string of the molecule is CCOC(=O)C1=C(C)N=c2s/c(=C/c3ccc(-c4cc(Cl)ccc4C(=O)OC(C)C)o3)c(=O)n2[C@H]1c1ccc(OC)c(OC)c1. The number of furan rings is 1. The molecule has 1 aliphatic heterocycles. The second kappa shape index (κ2) is 13.2. The molecule has 10 nitrogen and oxygen atoms in total. The predicted molar refractivity (Wildman–Crippen MR) is 170 cm³/mol. The van der Waals surface area contributed by atoms with Gasteiger partial charge in [-0.3, -0.25) is 9.36 Å². The van der Waals surface area contributed by atoms with Crippen LogP contribution in [0.25, 0.3) is 17.4 Å². The summed E-state index contributed by atoms with van der Waals surface area (Å²) in [5, 5.41) is 0.417. The van der Waals surface area contributed by atoms with Gasteiger partial charge in [-0.25, -0.2) is 14.6 Å². The first-order valence-electron chi connectivity index (χ1n) is 14.1. The summed E-state index contributed by atoms with van der Waals surface area (Å²) in [5.41, 5.74) is 1.66. The van der Waals surface area contributed by atoms with Gasteiger partial charge in [0.1, 0.15) is 11.5 Å². The Kier molecular flexibility index (Phi) is 9.31. The van der Waals surface area contributed by atoms with Crippen molar-refractivity contribution >= 4 is 41.0 Å². The van der Waals surface area contributed by atoms with Crippen molar-refractivity contribution in [3.8, 4) is 22.8 Å². The van der Waals surface area contributed by atoms with Crippen LogP contribution in [0.4, 0.5) is 0 Å². The minimum atomic E-state index is -0.838. The van der Waals surface area contributed by atoms with Crippen LogP contribution in [-0.4, -0.2) is 43.4 Å². The van der Waals surface area contributed by atoms with Gasteiger partial charge in [-0.2, -0.15) is 0 Å². The molecule has 5 rings (SSSR count). The molecule has 4 aromatic rings. The van der Waals surface area contributed by atoms with Crippen LogP contribution in [0.1, 0.15) is 55.4 Å². The van der Waals surface area contributed by atoms with Gasteiger partial charge >= 0.3 is 11.9 Å². The van der Waals surface area contributed by atoms with E-state index in [1.807, 2.05) is 0 Å². The van der Waals surface area contributed by atoms with Crippen molar-refractivity contribution in [1.82, 2.24) is 4.57 Å². The van der Waals surface area contributed by atoms with Crippen LogP contribution >= 0.6 is 22.9 Å². The van der Waals surface area contributed by atoms with Crippen LogP contribution in [-0.2, 0) is 14.3 Å². The van der Waals surface area contributed by atoms with Gasteiger partial charge in [0, 0.05) is 16.7 Å². The molecule has 0 saturated carbocycles. The summed E-state index contributed by atoms with van der Waals surface area (Å²) < 4.78 is 29.5. The molecule has 0 bridgehead atoms. The topological polar surface area (TPSA) is 119 Å². The lowest BCUT2D eigenvalue weighted by molar-refractivity contribution is -0.139. The van der Waals surface area contributed by atoms with E-state index in [2.05, 4.69) is 4.99 Å². The van der Waals surface area contributed by atoms with Gasteiger partial charge in [-0.1, -0.05) is 29.0 Å². The number of hydrogen-bond acceptors (Lipinski definition) is 10. The van der Waals surface area contributed by atoms with Crippen LogP contribution in [0.2, 0.25) is 5.02 Å². The molecule has 234 valence electrons. The highest BCUT2D eigenvalue weighted by Gasteiger charge is 2.34. The van der Waals surface area contributed by atoms with Crippen LogP contribution in [0.3, 0.4) is 0 Å². The molecule has 1 atom stereocenters. The van der Waals surface area contributed by atoms with Crippen molar-refractivity contribution in [1.29, 1.82) is 0 Å². The number of halogens is 1. The van der Waals surface area contributed by atoms with E-state index in [1.165, 1.54) is 18.8 Å². The maximum Gasteiger partial charge on any atom is 0.339 e. The molecule has 0 radical (unpaired) electrons. The molecule has 3 heterocycles. The number of methoxy groups -OCH3 is 2. The molecular formula is C33H31ClN2O8S. The van der Waals surface area contributed by atoms with E-state index < -0.39 is 18.0 Å². The summed E-state index contributed by atoms with van der Waals surface area (Å²) in [5.74, 6) is 0.595. The minimum absolute atomic E-state index is 0.156. The highest BCUT2D eigenvalue weighted by atomic mass is 35.5. The fourth-order valence-electron chi connectivity index (χ4n) is 5.01. The number of ether oxygens (including phenoxy) is 4. The quantitative estimate of drug-likeness (QED) is 0.224. The molecule has 2 aromatic carbocycles. The molecule has 0 N–H and O–H groups in total. The molecular weight excluding hydrogens is 620 g/mol. The van der Waals surface area contributed by atoms with Crippen molar-refractivity contribution in [3.05, 3.63) is 101 Å². The lowest BCUT2D eigenvalue weighted by atomic mass is 9.95. The molecule has 0 aliphatic carbocycles. The fraction of sp³-hybridized carbons (Fsp3) is 0.273. The highest BCUT2D eigenvalue weighted by molar-refractivity contribution is 7.07. The van der Waals surface area contributed by atoms with Crippen LogP contribution in [0, 0.1) is 0 Å². The Bertz CT molecular complexity index is 2000. The minimum Gasteiger partial charge on any atom is -0.493 e. The summed E-state index contributed by atoms with van der Waals surface area (Å²) in [6.45, 7) is 7.11. The molecule has 0 spiro atoms. The number of esters is 2. The maximum absolute atomic E-state index is 14.0. The molecule has 0 amide bonds. The van der Waals surface area contributed by atoms with E-state index in [4.69, 9.17) is 35.0 Å². The summed E-state index contributed by atoms with van der Waals surface area (Å²) >= 11 is 7.41. The number of benzene rings is 2. The zero-order valence-corrected chi connectivity index (χ0v) is 27.1. The highest BCUT2D eigenvalue weighted by Crippen LogP contribution is 2.36. The zero-order valence-electron chi connectivity index (χ0n) is 25.5. The van der Waals surface area contributed by atoms with Gasteiger partial charge in [-0.15, -0.1) is 0 Å². The summed E-state index contributed by atoms with van der Waals surface area (Å²) in [7, 11) is 3.04. The second-order valence-corrected chi connectivity index (χ2v) is 11.7. The van der Waals surface area contributed by atoms with Gasteiger partial charge in [0.05, 0.1) is 54.3 Å². The van der Waals surface area contributed by atoms with Gasteiger partial charge < -0.3 is 23.4 Å². The Morgan fingerprint density at radius 3 is 2.51 bits per heavy atom. The lowest BCUT2D eigenvalue weighted by Crippen LogP contribution is -2.39. The molecule has 0 saturated heterocycles. The molecule has 2 aromatic heterocycles. The Balaban J connectivity index is 1.63. The van der Waals surface area contributed by atoms with Gasteiger partial charge in [0.15, 0.2) is 16.3 Å². The average Bonchev–Trinajstić information content (AvgIpc) is 3.59. The Morgan fingerprint density at radius 2 is 1.82 bits per heavy atom. The molecule has 0 unspecified atom stereocenters. The van der Waals surface area contributed by atoms with E-state index >= 15 is 0 Å². The normalized spacial score (nSPS) is 14.7. The lowest BCUT2D eigenvalue weighted by Gasteiger charge is -2.25. The third-order valence-electron chi connectivity index (χ3n) is 6.95. The van der Waals surface area contributed by atoms with Crippen molar-refractivity contribution in [2.24, 2.45) is 4.99 Å². The monoisotopic (exact) mass is 650 g/mol. The Labute approximate surface area is 267 Å². The summed E-state index contributed by atoms with van der Waals surface area (Å²) in [4.78, 5) is 45.0. The maximum atomic E-state index is 14.0. The first kappa shape index (κ1) is 31.8. The van der Waals surface area contributed by atoms with E-state index in [1.54, 1.807) is 82.3 Å².